The molecule has 0 bridgehead atoms. The molecule has 0 aliphatic carbocycles. The van der Waals surface area contributed by atoms with Crippen molar-refractivity contribution < 1.29 is 86.0 Å². The number of aliphatic hydroxyl groups excluding tert-OH is 1. The summed E-state index contributed by atoms with van der Waals surface area (Å²) in [5.41, 5.74) is 0. The van der Waals surface area contributed by atoms with Crippen LogP contribution in [0.5, 0.6) is 0 Å². The molecule has 18 heteroatoms. The molecule has 0 aromatic heterocycles. The van der Waals surface area contributed by atoms with E-state index >= 15 is 0 Å². The van der Waals surface area contributed by atoms with E-state index in [9.17, 15) is 38.7 Å². The lowest BCUT2D eigenvalue weighted by Gasteiger charge is -2.48. The van der Waals surface area contributed by atoms with Crippen LogP contribution >= 0.6 is 0 Å². The van der Waals surface area contributed by atoms with E-state index in [1.165, 1.54) is 0 Å². The van der Waals surface area contributed by atoms with Gasteiger partial charge in [-0.1, -0.05) is 0 Å². The summed E-state index contributed by atoms with van der Waals surface area (Å²) in [6, 6.07) is 0. The van der Waals surface area contributed by atoms with Gasteiger partial charge in [0.1, 0.15) is 31.5 Å². The highest BCUT2D eigenvalue weighted by Crippen LogP contribution is 2.34. The molecule has 18 nitrogen and oxygen atoms in total. The van der Waals surface area contributed by atoms with Gasteiger partial charge in [0.2, 0.25) is 0 Å². The number of hydrogen-bond donors (Lipinski definition) is 1. The lowest BCUT2D eigenvalue weighted by Crippen LogP contribution is -2.67. The van der Waals surface area contributed by atoms with Gasteiger partial charge in [0, 0.05) is 48.5 Å². The minimum absolute atomic E-state index is 0.572. The van der Waals surface area contributed by atoms with E-state index in [1.807, 2.05) is 0 Å². The van der Waals surface area contributed by atoms with Gasteiger partial charge < -0.3 is 52.5 Å². The van der Waals surface area contributed by atoms with Crippen LogP contribution in [0.3, 0.4) is 0 Å². The van der Waals surface area contributed by atoms with E-state index in [2.05, 4.69) is 0 Å². The molecular weight excluding hydrogens is 600 g/mol. The first-order valence-corrected chi connectivity index (χ1v) is 13.3. The van der Waals surface area contributed by atoms with E-state index in [4.69, 9.17) is 47.4 Å². The van der Waals surface area contributed by atoms with Crippen LogP contribution < -0.4 is 0 Å². The Labute approximate surface area is 251 Å². The number of aliphatic hydroxyl groups is 1. The summed E-state index contributed by atoms with van der Waals surface area (Å²) >= 11 is 0. The van der Waals surface area contributed by atoms with E-state index in [0.717, 1.165) is 48.5 Å². The van der Waals surface area contributed by atoms with Crippen molar-refractivity contribution in [2.45, 2.75) is 110 Å². The fraction of sp³-hybridized carbons (Fsp3) is 0.731. The second-order valence-corrected chi connectivity index (χ2v) is 9.68. The molecule has 2 aliphatic heterocycles. The number of ether oxygens (including phenoxy) is 10. The minimum atomic E-state index is -1.90. The maximum atomic E-state index is 12.2. The van der Waals surface area contributed by atoms with Crippen LogP contribution in [0, 0.1) is 0 Å². The number of rotatable bonds is 11. The Balaban J connectivity index is 2.66. The van der Waals surface area contributed by atoms with Gasteiger partial charge in [0.25, 0.3) is 0 Å². The molecule has 0 aromatic rings. The van der Waals surface area contributed by atoms with Gasteiger partial charge >= 0.3 is 41.8 Å². The molecule has 2 saturated heterocycles. The van der Waals surface area contributed by atoms with E-state index in [-0.39, 0.29) is 0 Å². The largest absolute Gasteiger partial charge is 0.463 e. The Morgan fingerprint density at radius 3 is 1.27 bits per heavy atom. The van der Waals surface area contributed by atoms with Crippen LogP contribution in [0.1, 0.15) is 48.5 Å². The summed E-state index contributed by atoms with van der Waals surface area (Å²) in [6.07, 6.45) is -16.3. The Kier molecular flexibility index (Phi) is 13.4. The quantitative estimate of drug-likeness (QED) is 0.203. The summed E-state index contributed by atoms with van der Waals surface area (Å²) in [7, 11) is 0. The van der Waals surface area contributed by atoms with Gasteiger partial charge in [-0.05, 0) is 0 Å². The van der Waals surface area contributed by atoms with Crippen molar-refractivity contribution in [2.75, 3.05) is 13.2 Å². The van der Waals surface area contributed by atoms with Gasteiger partial charge in [-0.3, -0.25) is 33.6 Å². The molecular formula is C26H36O18. The fourth-order valence-corrected chi connectivity index (χ4v) is 4.49. The molecule has 0 spiro atoms. The maximum Gasteiger partial charge on any atom is 0.303 e. The Hall–Kier alpha value is -3.87. The molecule has 2 rings (SSSR count). The van der Waals surface area contributed by atoms with Crippen molar-refractivity contribution >= 4 is 41.8 Å². The van der Waals surface area contributed by atoms with Crippen molar-refractivity contribution in [2.24, 2.45) is 0 Å². The average Bonchev–Trinajstić information content (AvgIpc) is 2.87. The summed E-state index contributed by atoms with van der Waals surface area (Å²) in [4.78, 5) is 83.5. The summed E-state index contributed by atoms with van der Waals surface area (Å²) in [5, 5.41) is 10.6. The maximum absolute atomic E-state index is 12.2. The standard InChI is InChI=1S/C26H36O18/c1-10(27)35-8-17-20(21(38-13(4)30)23(25(34)42-17)40-15(6)32)44-26-24(41-16(7)33)22(39-14(5)31)19(37-12(3)29)18(43-26)9-36-11(2)28/h17-26,34H,8-9H2,1-7H3/t17-,18?,19+,20-,21?,22+,23?,24?,25?,26+/m1/s1. The number of esters is 7. The first-order chi connectivity index (χ1) is 20.5. The van der Waals surface area contributed by atoms with Crippen molar-refractivity contribution in [1.29, 1.82) is 0 Å². The zero-order valence-corrected chi connectivity index (χ0v) is 25.1. The van der Waals surface area contributed by atoms with Crippen molar-refractivity contribution in [1.82, 2.24) is 0 Å². The molecule has 0 saturated carbocycles. The van der Waals surface area contributed by atoms with Crippen LogP contribution in [0.4, 0.5) is 0 Å². The van der Waals surface area contributed by atoms with Crippen LogP contribution in [-0.2, 0) is 80.9 Å². The van der Waals surface area contributed by atoms with Crippen molar-refractivity contribution in [3.63, 3.8) is 0 Å². The highest BCUT2D eigenvalue weighted by molar-refractivity contribution is 5.69. The first-order valence-electron chi connectivity index (χ1n) is 13.3. The van der Waals surface area contributed by atoms with Crippen LogP contribution in [0.2, 0.25) is 0 Å². The zero-order valence-electron chi connectivity index (χ0n) is 25.1. The van der Waals surface area contributed by atoms with Gasteiger partial charge in [-0.15, -0.1) is 0 Å². The zero-order chi connectivity index (χ0) is 33.3. The predicted molar refractivity (Wildman–Crippen MR) is 135 cm³/mol. The monoisotopic (exact) mass is 636 g/mol. The SMILES string of the molecule is CC(=O)OCC1O[C@@H](O[C@H]2C(OC(C)=O)C(OC(C)=O)C(O)O[C@@H]2COC(C)=O)C(OC(C)=O)[C@@H](OC(C)=O)[C@H]1OC(C)=O. The summed E-state index contributed by atoms with van der Waals surface area (Å²) in [5.74, 6) is -6.03. The van der Waals surface area contributed by atoms with E-state index in [1.54, 1.807) is 0 Å². The van der Waals surface area contributed by atoms with Crippen molar-refractivity contribution in [3.05, 3.63) is 0 Å². The minimum Gasteiger partial charge on any atom is -0.463 e. The van der Waals surface area contributed by atoms with Crippen LogP contribution in [0.15, 0.2) is 0 Å². The highest BCUT2D eigenvalue weighted by atomic mass is 16.8. The third-order valence-electron chi connectivity index (χ3n) is 5.90. The first kappa shape index (κ1) is 36.3. The predicted octanol–water partition coefficient (Wildman–Crippen LogP) is -1.40. The smallest absolute Gasteiger partial charge is 0.303 e. The number of carbonyl (C=O) groups excluding carboxylic acids is 7. The topological polar surface area (TPSA) is 232 Å². The number of carbonyl (C=O) groups is 7. The number of hydrogen-bond acceptors (Lipinski definition) is 18. The second-order valence-electron chi connectivity index (χ2n) is 9.68. The molecule has 44 heavy (non-hydrogen) atoms. The summed E-state index contributed by atoms with van der Waals surface area (Å²) in [6.45, 7) is 6.11. The highest BCUT2D eigenvalue weighted by Gasteiger charge is 2.57. The molecule has 2 fully saturated rings. The third kappa shape index (κ3) is 10.7. The molecule has 10 atom stereocenters. The molecule has 0 amide bonds. The lowest BCUT2D eigenvalue weighted by atomic mass is 9.96. The molecule has 0 aromatic carbocycles. The fourth-order valence-electron chi connectivity index (χ4n) is 4.49. The van der Waals surface area contributed by atoms with Crippen LogP contribution in [0.25, 0.3) is 0 Å². The van der Waals surface area contributed by atoms with Gasteiger partial charge in [0.05, 0.1) is 0 Å². The Bertz CT molecular complexity index is 1090. The lowest BCUT2D eigenvalue weighted by molar-refractivity contribution is -0.357. The van der Waals surface area contributed by atoms with Crippen LogP contribution in [-0.4, -0.2) is 122 Å². The third-order valence-corrected chi connectivity index (χ3v) is 5.90. The Morgan fingerprint density at radius 2 is 0.841 bits per heavy atom. The van der Waals surface area contributed by atoms with Gasteiger partial charge in [-0.2, -0.15) is 0 Å². The molecule has 1 N–H and O–H groups in total. The summed E-state index contributed by atoms with van der Waals surface area (Å²) < 4.78 is 54.1. The molecule has 5 unspecified atom stereocenters. The average molecular weight is 637 g/mol. The van der Waals surface area contributed by atoms with E-state index < -0.39 is 116 Å². The second kappa shape index (κ2) is 16.3. The molecule has 2 heterocycles. The van der Waals surface area contributed by atoms with Gasteiger partial charge in [-0.25, -0.2) is 0 Å². The van der Waals surface area contributed by atoms with Crippen molar-refractivity contribution in [3.8, 4) is 0 Å². The molecule has 2 aliphatic rings. The normalized spacial score (nSPS) is 31.5. The molecule has 248 valence electrons. The molecule has 0 radical (unpaired) electrons. The van der Waals surface area contributed by atoms with Gasteiger partial charge in [0.15, 0.2) is 43.1 Å². The Morgan fingerprint density at radius 1 is 0.477 bits per heavy atom. The van der Waals surface area contributed by atoms with E-state index in [0.29, 0.717) is 0 Å².